The Morgan fingerprint density at radius 1 is 0.865 bits per heavy atom. The fourth-order valence-corrected chi connectivity index (χ4v) is 5.37. The lowest BCUT2D eigenvalue weighted by atomic mass is 9.94. The number of hydrogen-bond acceptors (Lipinski definition) is 2. The highest BCUT2D eigenvalue weighted by atomic mass is 35.5. The zero-order valence-electron chi connectivity index (χ0n) is 20.6. The molecule has 7 heteroatoms. The first-order valence-corrected chi connectivity index (χ1v) is 13.5. The number of amides is 2. The van der Waals surface area contributed by atoms with Gasteiger partial charge in [0.05, 0.1) is 6.42 Å². The van der Waals surface area contributed by atoms with Crippen molar-refractivity contribution in [2.75, 3.05) is 0 Å². The summed E-state index contributed by atoms with van der Waals surface area (Å²) in [4.78, 5) is 29.2. The summed E-state index contributed by atoms with van der Waals surface area (Å²) in [7, 11) is 0. The van der Waals surface area contributed by atoms with Gasteiger partial charge in [-0.05, 0) is 53.8 Å². The number of benzene rings is 3. The Morgan fingerprint density at radius 3 is 2.16 bits per heavy atom. The van der Waals surface area contributed by atoms with Crippen molar-refractivity contribution in [1.29, 1.82) is 0 Å². The molecule has 3 aromatic rings. The number of hydrogen-bond donors (Lipinski definition) is 1. The van der Waals surface area contributed by atoms with Crippen LogP contribution in [-0.4, -0.2) is 28.8 Å². The molecule has 4 rings (SSSR count). The zero-order valence-corrected chi connectivity index (χ0v) is 22.1. The van der Waals surface area contributed by atoms with Crippen LogP contribution < -0.4 is 5.32 Å². The molecule has 1 aliphatic carbocycles. The lowest BCUT2D eigenvalue weighted by molar-refractivity contribution is -0.141. The van der Waals surface area contributed by atoms with E-state index in [0.717, 1.165) is 36.8 Å². The van der Waals surface area contributed by atoms with Gasteiger partial charge in [-0.15, -0.1) is 0 Å². The van der Waals surface area contributed by atoms with E-state index in [1.807, 2.05) is 30.3 Å². The van der Waals surface area contributed by atoms with Gasteiger partial charge >= 0.3 is 0 Å². The molecule has 1 fully saturated rings. The molecule has 1 saturated carbocycles. The van der Waals surface area contributed by atoms with Crippen molar-refractivity contribution in [2.24, 2.45) is 0 Å². The van der Waals surface area contributed by atoms with Gasteiger partial charge < -0.3 is 10.2 Å². The van der Waals surface area contributed by atoms with Gasteiger partial charge in [0.1, 0.15) is 11.9 Å². The van der Waals surface area contributed by atoms with Crippen molar-refractivity contribution in [3.05, 3.63) is 105 Å². The number of halogens is 3. The molecule has 0 heterocycles. The van der Waals surface area contributed by atoms with Crippen LogP contribution in [0.3, 0.4) is 0 Å². The zero-order chi connectivity index (χ0) is 26.2. The molecule has 4 nitrogen and oxygen atoms in total. The van der Waals surface area contributed by atoms with Crippen LogP contribution in [-0.2, 0) is 29.0 Å². The maximum absolute atomic E-state index is 13.9. The third-order valence-electron chi connectivity index (χ3n) is 6.88. The summed E-state index contributed by atoms with van der Waals surface area (Å²) in [5.41, 5.74) is 2.19. The van der Waals surface area contributed by atoms with Gasteiger partial charge in [-0.2, -0.15) is 0 Å². The molecular weight excluding hydrogens is 510 g/mol. The highest BCUT2D eigenvalue weighted by Gasteiger charge is 2.32. The Labute approximate surface area is 227 Å². The van der Waals surface area contributed by atoms with Crippen LogP contribution in [0.5, 0.6) is 0 Å². The molecule has 0 bridgehead atoms. The molecule has 1 aliphatic rings. The van der Waals surface area contributed by atoms with E-state index in [1.54, 1.807) is 35.2 Å². The van der Waals surface area contributed by atoms with Gasteiger partial charge in [0, 0.05) is 29.1 Å². The summed E-state index contributed by atoms with van der Waals surface area (Å²) in [5, 5.41) is 4.01. The minimum absolute atomic E-state index is 0.0539. The van der Waals surface area contributed by atoms with Gasteiger partial charge in [0.15, 0.2) is 0 Å². The summed E-state index contributed by atoms with van der Waals surface area (Å²) in [6, 6.07) is 20.1. The Kier molecular flexibility index (Phi) is 9.59. The predicted octanol–water partition coefficient (Wildman–Crippen LogP) is 6.76. The first-order chi connectivity index (χ1) is 17.9. The molecule has 1 atom stereocenters. The lowest BCUT2D eigenvalue weighted by Crippen LogP contribution is -2.53. The van der Waals surface area contributed by atoms with Crippen LogP contribution in [0, 0.1) is 5.82 Å². The molecule has 0 radical (unpaired) electrons. The summed E-state index contributed by atoms with van der Waals surface area (Å²) in [5.74, 6) is -0.823. The highest BCUT2D eigenvalue weighted by molar-refractivity contribution is 6.36. The maximum Gasteiger partial charge on any atom is 0.243 e. The van der Waals surface area contributed by atoms with E-state index in [9.17, 15) is 14.0 Å². The molecular formula is C30H31Cl2FN2O2. The third kappa shape index (κ3) is 7.56. The highest BCUT2D eigenvalue weighted by Crippen LogP contribution is 2.27. The van der Waals surface area contributed by atoms with Crippen molar-refractivity contribution < 1.29 is 14.0 Å². The number of nitrogens with one attached hydrogen (secondary N) is 1. The van der Waals surface area contributed by atoms with Crippen molar-refractivity contribution in [3.8, 4) is 0 Å². The minimum atomic E-state index is -0.761. The smallest absolute Gasteiger partial charge is 0.243 e. The number of rotatable bonds is 9. The molecule has 1 N–H and O–H groups in total. The van der Waals surface area contributed by atoms with Crippen LogP contribution in [0.15, 0.2) is 72.8 Å². The van der Waals surface area contributed by atoms with E-state index < -0.39 is 6.04 Å². The molecule has 0 unspecified atom stereocenters. The van der Waals surface area contributed by atoms with Gasteiger partial charge in [0.25, 0.3) is 0 Å². The average Bonchev–Trinajstić information content (AvgIpc) is 2.90. The molecule has 194 valence electrons. The Morgan fingerprint density at radius 2 is 1.51 bits per heavy atom. The van der Waals surface area contributed by atoms with Crippen LogP contribution in [0.25, 0.3) is 0 Å². The van der Waals surface area contributed by atoms with E-state index in [0.29, 0.717) is 22.0 Å². The number of carbonyl (C=O) groups is 2. The fraction of sp³-hybridized carbons (Fsp3) is 0.333. The Balaban J connectivity index is 1.68. The van der Waals surface area contributed by atoms with Crippen LogP contribution >= 0.6 is 23.2 Å². The van der Waals surface area contributed by atoms with Crippen LogP contribution in [0.4, 0.5) is 4.39 Å². The normalized spacial score (nSPS) is 14.7. The second-order valence-electron chi connectivity index (χ2n) is 9.57. The third-order valence-corrected chi connectivity index (χ3v) is 7.59. The van der Waals surface area contributed by atoms with Crippen molar-refractivity contribution in [2.45, 2.75) is 63.6 Å². The van der Waals surface area contributed by atoms with E-state index in [-0.39, 0.29) is 36.6 Å². The molecule has 37 heavy (non-hydrogen) atoms. The van der Waals surface area contributed by atoms with Crippen LogP contribution in [0.1, 0.15) is 48.8 Å². The molecule has 0 aliphatic heterocycles. The SMILES string of the molecule is O=C(NC1CCCCC1)[C@@H](Cc1ccccc1)N(Cc1ccc(F)cc1)C(=O)Cc1c(Cl)cccc1Cl. The summed E-state index contributed by atoms with van der Waals surface area (Å²) < 4.78 is 13.6. The van der Waals surface area contributed by atoms with E-state index in [2.05, 4.69) is 5.32 Å². The standard InChI is InChI=1S/C30H31Cl2FN2O2/c31-26-12-7-13-27(32)25(26)19-29(36)35(20-22-14-16-23(33)17-15-22)28(18-21-8-3-1-4-9-21)30(37)34-24-10-5-2-6-11-24/h1,3-4,7-9,12-17,24,28H,2,5-6,10-11,18-20H2,(H,34,37)/t28-/m1/s1. The van der Waals surface area contributed by atoms with Gasteiger partial charge in [0.2, 0.25) is 11.8 Å². The first kappa shape index (κ1) is 27.2. The first-order valence-electron chi connectivity index (χ1n) is 12.7. The second-order valence-corrected chi connectivity index (χ2v) is 10.4. The minimum Gasteiger partial charge on any atom is -0.352 e. The largest absolute Gasteiger partial charge is 0.352 e. The Hall–Kier alpha value is -2.89. The summed E-state index contributed by atoms with van der Waals surface area (Å²) in [6.45, 7) is 0.150. The second kappa shape index (κ2) is 13.1. The summed E-state index contributed by atoms with van der Waals surface area (Å²) in [6.07, 6.45) is 5.50. The molecule has 0 aromatic heterocycles. The van der Waals surface area contributed by atoms with Gasteiger partial charge in [-0.25, -0.2) is 4.39 Å². The fourth-order valence-electron chi connectivity index (χ4n) is 4.84. The van der Waals surface area contributed by atoms with Crippen molar-refractivity contribution in [1.82, 2.24) is 10.2 Å². The summed E-state index contributed by atoms with van der Waals surface area (Å²) >= 11 is 12.8. The number of carbonyl (C=O) groups excluding carboxylic acids is 2. The van der Waals surface area contributed by atoms with Crippen LogP contribution in [0.2, 0.25) is 10.0 Å². The van der Waals surface area contributed by atoms with Gasteiger partial charge in [-0.3, -0.25) is 9.59 Å². The van der Waals surface area contributed by atoms with Crippen molar-refractivity contribution >= 4 is 35.0 Å². The topological polar surface area (TPSA) is 49.4 Å². The molecule has 3 aromatic carbocycles. The van der Waals surface area contributed by atoms with E-state index >= 15 is 0 Å². The number of nitrogens with zero attached hydrogens (tertiary/aromatic N) is 1. The molecule has 0 spiro atoms. The monoisotopic (exact) mass is 540 g/mol. The maximum atomic E-state index is 13.9. The van der Waals surface area contributed by atoms with Crippen molar-refractivity contribution in [3.63, 3.8) is 0 Å². The van der Waals surface area contributed by atoms with Gasteiger partial charge in [-0.1, -0.05) is 91.0 Å². The molecule has 0 saturated heterocycles. The quantitative estimate of drug-likeness (QED) is 0.325. The lowest BCUT2D eigenvalue weighted by Gasteiger charge is -2.33. The predicted molar refractivity (Wildman–Crippen MR) is 146 cm³/mol. The van der Waals surface area contributed by atoms with E-state index in [1.165, 1.54) is 18.6 Å². The Bertz CT molecular complexity index is 1180. The molecule has 2 amide bonds. The van der Waals surface area contributed by atoms with E-state index in [4.69, 9.17) is 23.2 Å². The average molecular weight is 541 g/mol.